The molecule has 0 atom stereocenters. The Morgan fingerprint density at radius 1 is 1.50 bits per heavy atom. The van der Waals surface area contributed by atoms with Gasteiger partial charge in [-0.1, -0.05) is 6.92 Å². The number of nitrogens with two attached hydrogens (primary N) is 1. The molecule has 2 rings (SSSR count). The monoisotopic (exact) mass is 363 g/mol. The smallest absolute Gasteiger partial charge is 0.125 e. The van der Waals surface area contributed by atoms with Gasteiger partial charge in [0.05, 0.1) is 13.3 Å². The minimum atomic E-state index is 0.742. The number of nitrogen functional groups attached to an aromatic ring is 1. The molecule has 0 unspecified atom stereocenters. The van der Waals surface area contributed by atoms with Crippen LogP contribution in [0.15, 0.2) is 13.6 Å². The van der Waals surface area contributed by atoms with Crippen LogP contribution in [0.1, 0.15) is 12.5 Å². The normalized spacial score (nSPS) is 11.0. The predicted octanol–water partition coefficient (Wildman–Crippen LogP) is 3.82. The van der Waals surface area contributed by atoms with Crippen molar-refractivity contribution in [1.82, 2.24) is 9.78 Å². The standard InChI is InChI=1S/C10H11Br2N3S/c1-3-5-8(14-15(2)10(5)13)6-4-7(11)16-9(6)12/h4H,3,13H2,1-2H3. The van der Waals surface area contributed by atoms with Crippen molar-refractivity contribution >= 4 is 49.0 Å². The van der Waals surface area contributed by atoms with E-state index in [0.29, 0.717) is 0 Å². The summed E-state index contributed by atoms with van der Waals surface area (Å²) in [5.41, 5.74) is 9.16. The molecular formula is C10H11Br2N3S. The number of hydrogen-bond donors (Lipinski definition) is 1. The zero-order valence-corrected chi connectivity index (χ0v) is 12.9. The molecule has 0 bridgehead atoms. The summed E-state index contributed by atoms with van der Waals surface area (Å²) in [6, 6.07) is 2.07. The van der Waals surface area contributed by atoms with Crippen LogP contribution in [0, 0.1) is 0 Å². The zero-order chi connectivity index (χ0) is 11.9. The highest BCUT2D eigenvalue weighted by Gasteiger charge is 2.17. The second-order valence-corrected chi connectivity index (χ2v) is 7.18. The van der Waals surface area contributed by atoms with Crippen LogP contribution in [0.2, 0.25) is 0 Å². The molecule has 0 aliphatic rings. The summed E-state index contributed by atoms with van der Waals surface area (Å²) in [5.74, 6) is 0.742. The van der Waals surface area contributed by atoms with Crippen LogP contribution in [0.4, 0.5) is 5.82 Å². The maximum Gasteiger partial charge on any atom is 0.125 e. The summed E-state index contributed by atoms with van der Waals surface area (Å²) < 4.78 is 3.89. The quantitative estimate of drug-likeness (QED) is 0.880. The molecule has 0 aliphatic heterocycles. The van der Waals surface area contributed by atoms with Gasteiger partial charge in [0.15, 0.2) is 0 Å². The lowest BCUT2D eigenvalue weighted by Crippen LogP contribution is -1.98. The fraction of sp³-hybridized carbons (Fsp3) is 0.300. The Hall–Kier alpha value is -0.330. The Bertz CT molecular complexity index is 530. The first-order chi connectivity index (χ1) is 7.54. The molecule has 0 saturated carbocycles. The van der Waals surface area contributed by atoms with E-state index in [1.54, 1.807) is 16.0 Å². The number of thiophene rings is 1. The lowest BCUT2D eigenvalue weighted by molar-refractivity contribution is 0.782. The van der Waals surface area contributed by atoms with Gasteiger partial charge >= 0.3 is 0 Å². The molecule has 0 spiro atoms. The van der Waals surface area contributed by atoms with Gasteiger partial charge in [-0.2, -0.15) is 5.10 Å². The molecule has 2 N–H and O–H groups in total. The predicted molar refractivity (Wildman–Crippen MR) is 75.7 cm³/mol. The molecule has 0 amide bonds. The van der Waals surface area contributed by atoms with E-state index in [1.807, 2.05) is 7.05 Å². The van der Waals surface area contributed by atoms with Crippen LogP contribution >= 0.6 is 43.2 Å². The number of anilines is 1. The lowest BCUT2D eigenvalue weighted by atomic mass is 10.1. The molecule has 6 heteroatoms. The summed E-state index contributed by atoms with van der Waals surface area (Å²) in [6.45, 7) is 2.09. The summed E-state index contributed by atoms with van der Waals surface area (Å²) in [5, 5.41) is 4.47. The third-order valence-corrected chi connectivity index (χ3v) is 4.80. The molecule has 0 radical (unpaired) electrons. The zero-order valence-electron chi connectivity index (χ0n) is 8.92. The van der Waals surface area contributed by atoms with E-state index in [-0.39, 0.29) is 0 Å². The van der Waals surface area contributed by atoms with Crippen molar-refractivity contribution < 1.29 is 0 Å². The number of hydrogen-bond acceptors (Lipinski definition) is 3. The number of rotatable bonds is 2. The van der Waals surface area contributed by atoms with E-state index < -0.39 is 0 Å². The highest BCUT2D eigenvalue weighted by molar-refractivity contribution is 9.12. The van der Waals surface area contributed by atoms with Gasteiger partial charge in [-0.25, -0.2) is 0 Å². The van der Waals surface area contributed by atoms with Gasteiger partial charge in [0, 0.05) is 18.2 Å². The first kappa shape index (κ1) is 12.1. The minimum Gasteiger partial charge on any atom is -0.384 e. The average Bonchev–Trinajstić information content (AvgIpc) is 2.69. The molecule has 3 nitrogen and oxygen atoms in total. The molecule has 2 heterocycles. The maximum atomic E-state index is 5.98. The van der Waals surface area contributed by atoms with Gasteiger partial charge in [0.2, 0.25) is 0 Å². The van der Waals surface area contributed by atoms with Crippen LogP contribution in [0.5, 0.6) is 0 Å². The minimum absolute atomic E-state index is 0.742. The van der Waals surface area contributed by atoms with Gasteiger partial charge in [0.1, 0.15) is 5.82 Å². The number of aromatic nitrogens is 2. The Balaban J connectivity index is 2.64. The van der Waals surface area contributed by atoms with Gasteiger partial charge in [-0.15, -0.1) is 11.3 Å². The van der Waals surface area contributed by atoms with Gasteiger partial charge in [-0.05, 0) is 44.3 Å². The largest absolute Gasteiger partial charge is 0.384 e. The molecule has 16 heavy (non-hydrogen) atoms. The first-order valence-electron chi connectivity index (χ1n) is 4.81. The fourth-order valence-corrected chi connectivity index (χ4v) is 4.45. The SMILES string of the molecule is CCc1c(-c2cc(Br)sc2Br)nn(C)c1N. The van der Waals surface area contributed by atoms with Crippen molar-refractivity contribution in [2.75, 3.05) is 5.73 Å². The lowest BCUT2D eigenvalue weighted by Gasteiger charge is -1.98. The highest BCUT2D eigenvalue weighted by Crippen LogP contribution is 2.40. The van der Waals surface area contributed by atoms with Crippen LogP contribution in [-0.4, -0.2) is 9.78 Å². The van der Waals surface area contributed by atoms with Crippen LogP contribution in [0.3, 0.4) is 0 Å². The number of nitrogens with zero attached hydrogens (tertiary/aromatic N) is 2. The van der Waals surface area contributed by atoms with Crippen molar-refractivity contribution in [1.29, 1.82) is 0 Å². The van der Waals surface area contributed by atoms with Crippen LogP contribution in [0.25, 0.3) is 11.3 Å². The van der Waals surface area contributed by atoms with Crippen LogP contribution in [-0.2, 0) is 13.5 Å². The van der Waals surface area contributed by atoms with E-state index in [4.69, 9.17) is 5.73 Å². The molecule has 2 aromatic rings. The van der Waals surface area contributed by atoms with Crippen molar-refractivity contribution in [3.8, 4) is 11.3 Å². The van der Waals surface area contributed by atoms with E-state index >= 15 is 0 Å². The molecule has 0 fully saturated rings. The molecular weight excluding hydrogens is 354 g/mol. The fourth-order valence-electron chi connectivity index (χ4n) is 1.65. The molecule has 2 aromatic heterocycles. The summed E-state index contributed by atoms with van der Waals surface area (Å²) in [6.07, 6.45) is 0.884. The summed E-state index contributed by atoms with van der Waals surface area (Å²) in [7, 11) is 1.87. The first-order valence-corrected chi connectivity index (χ1v) is 7.21. The Morgan fingerprint density at radius 2 is 2.19 bits per heavy atom. The third-order valence-electron chi connectivity index (χ3n) is 2.46. The van der Waals surface area contributed by atoms with Gasteiger partial charge < -0.3 is 5.73 Å². The topological polar surface area (TPSA) is 43.8 Å². The Kier molecular flexibility index (Phi) is 3.42. The maximum absolute atomic E-state index is 5.98. The van der Waals surface area contributed by atoms with Crippen molar-refractivity contribution in [2.24, 2.45) is 7.05 Å². The number of aryl methyl sites for hydroxylation is 1. The summed E-state index contributed by atoms with van der Waals surface area (Å²) >= 11 is 8.67. The van der Waals surface area contributed by atoms with E-state index in [2.05, 4.69) is 49.9 Å². The van der Waals surface area contributed by atoms with Crippen molar-refractivity contribution in [3.05, 3.63) is 19.2 Å². The van der Waals surface area contributed by atoms with Gasteiger partial charge in [0.25, 0.3) is 0 Å². The second kappa shape index (κ2) is 4.50. The van der Waals surface area contributed by atoms with E-state index in [1.165, 1.54) is 0 Å². The Morgan fingerprint density at radius 3 is 2.69 bits per heavy atom. The second-order valence-electron chi connectivity index (χ2n) is 3.43. The summed E-state index contributed by atoms with van der Waals surface area (Å²) in [4.78, 5) is 0. The molecule has 0 aromatic carbocycles. The molecule has 0 saturated heterocycles. The highest BCUT2D eigenvalue weighted by atomic mass is 79.9. The van der Waals surface area contributed by atoms with Crippen LogP contribution < -0.4 is 5.73 Å². The third kappa shape index (κ3) is 1.94. The molecule has 0 aliphatic carbocycles. The van der Waals surface area contributed by atoms with Crippen molar-refractivity contribution in [2.45, 2.75) is 13.3 Å². The van der Waals surface area contributed by atoms with Crippen molar-refractivity contribution in [3.63, 3.8) is 0 Å². The average molecular weight is 365 g/mol. The molecule has 86 valence electrons. The van der Waals surface area contributed by atoms with E-state index in [0.717, 1.165) is 36.6 Å². The van der Waals surface area contributed by atoms with E-state index in [9.17, 15) is 0 Å². The van der Waals surface area contributed by atoms with Gasteiger partial charge in [-0.3, -0.25) is 4.68 Å². The Labute approximate surface area is 115 Å². The number of halogens is 2.